The van der Waals surface area contributed by atoms with E-state index in [9.17, 15) is 0 Å². The molecule has 3 rings (SSSR count). The minimum Gasteiger partial charge on any atom is -0.492 e. The third-order valence-electron chi connectivity index (χ3n) is 3.14. The number of nitrogen functional groups attached to an aromatic ring is 1. The fourth-order valence-electron chi connectivity index (χ4n) is 2.29. The van der Waals surface area contributed by atoms with Crippen molar-refractivity contribution in [2.75, 3.05) is 12.3 Å². The number of anilines is 1. The predicted octanol–water partition coefficient (Wildman–Crippen LogP) is 2.57. The fraction of sp³-hybridized carbons (Fsp3) is 0.214. The van der Waals surface area contributed by atoms with Crippen LogP contribution in [0.1, 0.15) is 11.1 Å². The van der Waals surface area contributed by atoms with Crippen LogP contribution < -0.4 is 10.5 Å². The lowest BCUT2D eigenvalue weighted by molar-refractivity contribution is 0.358. The van der Waals surface area contributed by atoms with E-state index in [0.29, 0.717) is 5.82 Å². The molecule has 0 saturated carbocycles. The number of aromatic nitrogens is 1. The monoisotopic (exact) mass is 226 g/mol. The van der Waals surface area contributed by atoms with Crippen LogP contribution in [0, 0.1) is 6.92 Å². The smallest absolute Gasteiger partial charge is 0.130 e. The molecule has 2 aromatic rings. The molecule has 0 atom stereocenters. The van der Waals surface area contributed by atoms with Crippen LogP contribution in [0.25, 0.3) is 11.1 Å². The van der Waals surface area contributed by atoms with E-state index in [2.05, 4.69) is 23.2 Å². The summed E-state index contributed by atoms with van der Waals surface area (Å²) in [5.41, 5.74) is 10.3. The SMILES string of the molecule is Cc1cc(N)ncc1-c1cccc2c1OCC2. The number of ether oxygens (including phenoxy) is 1. The van der Waals surface area contributed by atoms with Gasteiger partial charge in [0.1, 0.15) is 11.6 Å². The Balaban J connectivity index is 2.19. The van der Waals surface area contributed by atoms with Crippen LogP contribution >= 0.6 is 0 Å². The molecule has 3 nitrogen and oxygen atoms in total. The van der Waals surface area contributed by atoms with Gasteiger partial charge in [0.15, 0.2) is 0 Å². The Hall–Kier alpha value is -2.03. The zero-order valence-electron chi connectivity index (χ0n) is 9.73. The molecule has 0 aliphatic carbocycles. The van der Waals surface area contributed by atoms with Gasteiger partial charge in [0.2, 0.25) is 0 Å². The number of benzene rings is 1. The molecule has 0 amide bonds. The fourth-order valence-corrected chi connectivity index (χ4v) is 2.29. The zero-order valence-corrected chi connectivity index (χ0v) is 9.73. The first kappa shape index (κ1) is 10.1. The summed E-state index contributed by atoms with van der Waals surface area (Å²) in [5.74, 6) is 1.56. The maximum Gasteiger partial charge on any atom is 0.130 e. The van der Waals surface area contributed by atoms with E-state index in [4.69, 9.17) is 10.5 Å². The van der Waals surface area contributed by atoms with Gasteiger partial charge in [-0.2, -0.15) is 0 Å². The maximum absolute atomic E-state index is 5.71. The lowest BCUT2D eigenvalue weighted by Crippen LogP contribution is -1.94. The summed E-state index contributed by atoms with van der Waals surface area (Å²) in [5, 5.41) is 0. The van der Waals surface area contributed by atoms with Crippen molar-refractivity contribution in [2.24, 2.45) is 0 Å². The summed E-state index contributed by atoms with van der Waals surface area (Å²) in [6.45, 7) is 2.81. The number of fused-ring (bicyclic) bond motifs is 1. The number of hydrogen-bond acceptors (Lipinski definition) is 3. The van der Waals surface area contributed by atoms with E-state index in [0.717, 1.165) is 35.5 Å². The molecule has 17 heavy (non-hydrogen) atoms. The van der Waals surface area contributed by atoms with Gasteiger partial charge in [-0.3, -0.25) is 0 Å². The van der Waals surface area contributed by atoms with Crippen molar-refractivity contribution in [1.82, 2.24) is 4.98 Å². The van der Waals surface area contributed by atoms with Crippen molar-refractivity contribution < 1.29 is 4.74 Å². The van der Waals surface area contributed by atoms with Gasteiger partial charge in [-0.05, 0) is 24.1 Å². The highest BCUT2D eigenvalue weighted by atomic mass is 16.5. The summed E-state index contributed by atoms with van der Waals surface area (Å²) in [4.78, 5) is 4.16. The van der Waals surface area contributed by atoms with Crippen molar-refractivity contribution >= 4 is 5.82 Å². The average Bonchev–Trinajstić information content (AvgIpc) is 2.77. The van der Waals surface area contributed by atoms with Crippen molar-refractivity contribution in [3.8, 4) is 16.9 Å². The Morgan fingerprint density at radius 3 is 3.00 bits per heavy atom. The first-order valence-corrected chi connectivity index (χ1v) is 5.73. The summed E-state index contributed by atoms with van der Waals surface area (Å²) in [6, 6.07) is 8.15. The van der Waals surface area contributed by atoms with Gasteiger partial charge in [-0.25, -0.2) is 4.98 Å². The Labute approximate surface area is 100 Å². The number of nitrogens with zero attached hydrogens (tertiary/aromatic N) is 1. The van der Waals surface area contributed by atoms with Crippen LogP contribution in [0.4, 0.5) is 5.82 Å². The van der Waals surface area contributed by atoms with Crippen molar-refractivity contribution in [3.63, 3.8) is 0 Å². The standard InChI is InChI=1S/C14H14N2O/c1-9-7-13(15)16-8-12(9)11-4-2-3-10-5-6-17-14(10)11/h2-4,7-8H,5-6H2,1H3,(H2,15,16). The number of nitrogens with two attached hydrogens (primary N) is 1. The largest absolute Gasteiger partial charge is 0.492 e. The van der Waals surface area contributed by atoms with E-state index in [1.54, 1.807) is 0 Å². The second-order valence-electron chi connectivity index (χ2n) is 4.32. The Morgan fingerprint density at radius 1 is 1.29 bits per heavy atom. The van der Waals surface area contributed by atoms with Gasteiger partial charge in [0.25, 0.3) is 0 Å². The van der Waals surface area contributed by atoms with E-state index in [1.165, 1.54) is 5.56 Å². The van der Waals surface area contributed by atoms with Gasteiger partial charge in [-0.15, -0.1) is 0 Å². The predicted molar refractivity (Wildman–Crippen MR) is 68.0 cm³/mol. The normalized spacial score (nSPS) is 13.2. The topological polar surface area (TPSA) is 48.1 Å². The second kappa shape index (κ2) is 3.77. The van der Waals surface area contributed by atoms with Gasteiger partial charge in [0.05, 0.1) is 6.61 Å². The van der Waals surface area contributed by atoms with Crippen LogP contribution in [0.5, 0.6) is 5.75 Å². The Bertz CT molecular complexity index is 578. The van der Waals surface area contributed by atoms with Crippen LogP contribution in [0.3, 0.4) is 0 Å². The van der Waals surface area contributed by atoms with Crippen LogP contribution in [-0.2, 0) is 6.42 Å². The minimum atomic E-state index is 0.555. The minimum absolute atomic E-state index is 0.555. The molecule has 0 saturated heterocycles. The molecule has 1 aliphatic rings. The number of rotatable bonds is 1. The zero-order chi connectivity index (χ0) is 11.8. The molecule has 0 radical (unpaired) electrons. The third kappa shape index (κ3) is 1.64. The molecule has 3 heteroatoms. The van der Waals surface area contributed by atoms with Crippen molar-refractivity contribution in [2.45, 2.75) is 13.3 Å². The van der Waals surface area contributed by atoms with E-state index < -0.39 is 0 Å². The summed E-state index contributed by atoms with van der Waals surface area (Å²) in [6.07, 6.45) is 2.81. The molecule has 2 N–H and O–H groups in total. The van der Waals surface area contributed by atoms with Crippen molar-refractivity contribution in [3.05, 3.63) is 41.6 Å². The molecule has 2 heterocycles. The Morgan fingerprint density at radius 2 is 2.18 bits per heavy atom. The van der Waals surface area contributed by atoms with Crippen LogP contribution in [-0.4, -0.2) is 11.6 Å². The molecule has 1 aliphatic heterocycles. The average molecular weight is 226 g/mol. The number of hydrogen-bond donors (Lipinski definition) is 1. The maximum atomic E-state index is 5.71. The molecule has 1 aromatic carbocycles. The first-order valence-electron chi connectivity index (χ1n) is 5.73. The highest BCUT2D eigenvalue weighted by molar-refractivity contribution is 5.75. The van der Waals surface area contributed by atoms with Gasteiger partial charge in [-0.1, -0.05) is 18.2 Å². The highest BCUT2D eigenvalue weighted by Crippen LogP contribution is 2.37. The lowest BCUT2D eigenvalue weighted by Gasteiger charge is -2.10. The van der Waals surface area contributed by atoms with Crippen LogP contribution in [0.2, 0.25) is 0 Å². The molecule has 0 bridgehead atoms. The third-order valence-corrected chi connectivity index (χ3v) is 3.14. The van der Waals surface area contributed by atoms with E-state index >= 15 is 0 Å². The molecule has 0 fully saturated rings. The summed E-state index contributed by atoms with van der Waals surface area (Å²) >= 11 is 0. The molecule has 0 unspecified atom stereocenters. The van der Waals surface area contributed by atoms with Crippen molar-refractivity contribution in [1.29, 1.82) is 0 Å². The quantitative estimate of drug-likeness (QED) is 0.813. The summed E-state index contributed by atoms with van der Waals surface area (Å²) < 4.78 is 5.71. The number of para-hydroxylation sites is 1. The van der Waals surface area contributed by atoms with Gasteiger partial charge < -0.3 is 10.5 Å². The lowest BCUT2D eigenvalue weighted by atomic mass is 9.99. The summed E-state index contributed by atoms with van der Waals surface area (Å²) in [7, 11) is 0. The number of pyridine rings is 1. The van der Waals surface area contributed by atoms with Gasteiger partial charge in [0, 0.05) is 23.7 Å². The second-order valence-corrected chi connectivity index (χ2v) is 4.32. The number of aryl methyl sites for hydroxylation is 1. The van der Waals surface area contributed by atoms with Gasteiger partial charge >= 0.3 is 0 Å². The van der Waals surface area contributed by atoms with E-state index in [-0.39, 0.29) is 0 Å². The highest BCUT2D eigenvalue weighted by Gasteiger charge is 2.17. The molecule has 0 spiro atoms. The molecular weight excluding hydrogens is 212 g/mol. The molecular formula is C14H14N2O. The van der Waals surface area contributed by atoms with E-state index in [1.807, 2.05) is 19.2 Å². The van der Waals surface area contributed by atoms with Crippen LogP contribution in [0.15, 0.2) is 30.5 Å². The first-order chi connectivity index (χ1) is 8.25. The molecule has 86 valence electrons. The Kier molecular flexibility index (Phi) is 2.25. The molecule has 1 aromatic heterocycles.